The summed E-state index contributed by atoms with van der Waals surface area (Å²) in [6, 6.07) is 6.64. The summed E-state index contributed by atoms with van der Waals surface area (Å²) >= 11 is 0. The van der Waals surface area contributed by atoms with Crippen LogP contribution in [0.4, 0.5) is 0 Å². The first-order valence-corrected chi connectivity index (χ1v) is 9.32. The van der Waals surface area contributed by atoms with E-state index in [1.807, 2.05) is 13.0 Å². The molecule has 1 fully saturated rings. The molecule has 2 aromatic rings. The Kier molecular flexibility index (Phi) is 6.00. The number of aryl methyl sites for hydroxylation is 1. The second-order valence-corrected chi connectivity index (χ2v) is 6.89. The van der Waals surface area contributed by atoms with Crippen molar-refractivity contribution in [2.75, 3.05) is 34.4 Å². The van der Waals surface area contributed by atoms with Crippen LogP contribution in [0.2, 0.25) is 0 Å². The maximum absolute atomic E-state index is 13.1. The maximum Gasteiger partial charge on any atom is 0.257 e. The second-order valence-electron chi connectivity index (χ2n) is 6.89. The molecule has 8 heteroatoms. The summed E-state index contributed by atoms with van der Waals surface area (Å²) in [5.41, 5.74) is 1.09. The van der Waals surface area contributed by atoms with Crippen molar-refractivity contribution in [1.29, 1.82) is 0 Å². The predicted octanol–water partition coefficient (Wildman–Crippen LogP) is 2.01. The number of nitrogens with zero attached hydrogens (tertiary/aromatic N) is 2. The van der Waals surface area contributed by atoms with Crippen molar-refractivity contribution in [1.82, 2.24) is 9.47 Å². The quantitative estimate of drug-likeness (QED) is 0.736. The van der Waals surface area contributed by atoms with Crippen LogP contribution in [-0.2, 0) is 7.05 Å². The standard InChI is InChI=1S/C21H26N2O6/c1-13-10-15(11-18(24)22(13)2)29-14-8-9-23(12-14)21(25)16-6-7-17(26-3)20(28-5)19(16)27-4/h6-7,10-11,14H,8-9,12H2,1-5H3. The molecular formula is C21H26N2O6. The highest BCUT2D eigenvalue weighted by atomic mass is 16.5. The summed E-state index contributed by atoms with van der Waals surface area (Å²) in [6.07, 6.45) is 0.492. The number of hydrogen-bond donors (Lipinski definition) is 0. The molecule has 1 aromatic carbocycles. The highest BCUT2D eigenvalue weighted by Crippen LogP contribution is 2.40. The minimum Gasteiger partial charge on any atom is -0.493 e. The van der Waals surface area contributed by atoms with E-state index in [-0.39, 0.29) is 17.6 Å². The molecule has 1 amide bonds. The summed E-state index contributed by atoms with van der Waals surface area (Å²) in [4.78, 5) is 26.8. The molecule has 29 heavy (non-hydrogen) atoms. The Hall–Kier alpha value is -3.16. The molecule has 0 spiro atoms. The maximum atomic E-state index is 13.1. The summed E-state index contributed by atoms with van der Waals surface area (Å²) in [5.74, 6) is 1.55. The van der Waals surface area contributed by atoms with Gasteiger partial charge in [0.25, 0.3) is 11.5 Å². The molecule has 156 valence electrons. The number of rotatable bonds is 6. The third kappa shape index (κ3) is 4.01. The van der Waals surface area contributed by atoms with Gasteiger partial charge in [-0.2, -0.15) is 0 Å². The minimum atomic E-state index is -0.184. The van der Waals surface area contributed by atoms with Gasteiger partial charge in [-0.25, -0.2) is 0 Å². The molecule has 0 aliphatic carbocycles. The average molecular weight is 402 g/mol. The van der Waals surface area contributed by atoms with E-state index >= 15 is 0 Å². The Morgan fingerprint density at radius 1 is 1.07 bits per heavy atom. The van der Waals surface area contributed by atoms with Crippen molar-refractivity contribution in [3.05, 3.63) is 45.9 Å². The van der Waals surface area contributed by atoms with Crippen LogP contribution in [0.1, 0.15) is 22.5 Å². The van der Waals surface area contributed by atoms with E-state index < -0.39 is 0 Å². The Bertz CT molecular complexity index is 968. The highest BCUT2D eigenvalue weighted by molar-refractivity contribution is 5.98. The molecule has 1 saturated heterocycles. The fourth-order valence-electron chi connectivity index (χ4n) is 3.45. The molecule has 3 rings (SSSR count). The molecule has 2 heterocycles. The molecule has 0 radical (unpaired) electrons. The van der Waals surface area contributed by atoms with Gasteiger partial charge in [0.2, 0.25) is 5.75 Å². The van der Waals surface area contributed by atoms with Gasteiger partial charge in [0.1, 0.15) is 11.9 Å². The third-order valence-electron chi connectivity index (χ3n) is 5.15. The van der Waals surface area contributed by atoms with Gasteiger partial charge in [-0.15, -0.1) is 0 Å². The van der Waals surface area contributed by atoms with Crippen molar-refractivity contribution in [3.63, 3.8) is 0 Å². The Morgan fingerprint density at radius 2 is 1.79 bits per heavy atom. The minimum absolute atomic E-state index is 0.124. The monoisotopic (exact) mass is 402 g/mol. The third-order valence-corrected chi connectivity index (χ3v) is 5.15. The summed E-state index contributed by atoms with van der Waals surface area (Å²) in [7, 11) is 6.23. The molecule has 1 aromatic heterocycles. The van der Waals surface area contributed by atoms with E-state index in [0.717, 1.165) is 5.69 Å². The molecule has 1 aliphatic heterocycles. The topological polar surface area (TPSA) is 79.2 Å². The molecule has 0 bridgehead atoms. The van der Waals surface area contributed by atoms with Crippen LogP contribution in [0.25, 0.3) is 0 Å². The number of likely N-dealkylation sites (tertiary alicyclic amines) is 1. The van der Waals surface area contributed by atoms with Gasteiger partial charge < -0.3 is 28.4 Å². The van der Waals surface area contributed by atoms with E-state index in [4.69, 9.17) is 18.9 Å². The lowest BCUT2D eigenvalue weighted by atomic mass is 10.1. The summed E-state index contributed by atoms with van der Waals surface area (Å²) in [5, 5.41) is 0. The van der Waals surface area contributed by atoms with Gasteiger partial charge in [-0.1, -0.05) is 0 Å². The zero-order valence-corrected chi connectivity index (χ0v) is 17.4. The average Bonchev–Trinajstić information content (AvgIpc) is 3.18. The normalized spacial score (nSPS) is 15.9. The number of methoxy groups -OCH3 is 3. The number of benzene rings is 1. The van der Waals surface area contributed by atoms with Gasteiger partial charge in [0, 0.05) is 31.8 Å². The first-order chi connectivity index (χ1) is 13.9. The smallest absolute Gasteiger partial charge is 0.257 e. The molecule has 1 atom stereocenters. The van der Waals surface area contributed by atoms with Crippen LogP contribution < -0.4 is 24.5 Å². The first kappa shape index (κ1) is 20.6. The first-order valence-electron chi connectivity index (χ1n) is 9.32. The van der Waals surface area contributed by atoms with Crippen LogP contribution >= 0.6 is 0 Å². The van der Waals surface area contributed by atoms with E-state index in [1.54, 1.807) is 28.6 Å². The van der Waals surface area contributed by atoms with Gasteiger partial charge in [-0.05, 0) is 25.1 Å². The zero-order valence-electron chi connectivity index (χ0n) is 17.4. The molecule has 8 nitrogen and oxygen atoms in total. The van der Waals surface area contributed by atoms with Gasteiger partial charge in [-0.3, -0.25) is 9.59 Å². The highest BCUT2D eigenvalue weighted by Gasteiger charge is 2.31. The zero-order chi connectivity index (χ0) is 21.1. The fourth-order valence-corrected chi connectivity index (χ4v) is 3.45. The second kappa shape index (κ2) is 8.46. The molecule has 1 aliphatic rings. The van der Waals surface area contributed by atoms with Crippen LogP contribution in [0.5, 0.6) is 23.0 Å². The van der Waals surface area contributed by atoms with Gasteiger partial charge in [0.05, 0.1) is 33.4 Å². The van der Waals surface area contributed by atoms with Crippen LogP contribution in [0, 0.1) is 6.92 Å². The lowest BCUT2D eigenvalue weighted by Gasteiger charge is -2.20. The number of pyridine rings is 1. The molecular weight excluding hydrogens is 376 g/mol. The SMILES string of the molecule is COc1ccc(C(=O)N2CCC(Oc3cc(C)n(C)c(=O)c3)C2)c(OC)c1OC. The Labute approximate surface area is 169 Å². The molecule has 1 unspecified atom stereocenters. The van der Waals surface area contributed by atoms with Crippen molar-refractivity contribution in [2.45, 2.75) is 19.4 Å². The van der Waals surface area contributed by atoms with E-state index in [0.29, 0.717) is 48.1 Å². The lowest BCUT2D eigenvalue weighted by molar-refractivity contribution is 0.0768. The number of ether oxygens (including phenoxy) is 4. The van der Waals surface area contributed by atoms with E-state index in [2.05, 4.69) is 0 Å². The van der Waals surface area contributed by atoms with E-state index in [9.17, 15) is 9.59 Å². The largest absolute Gasteiger partial charge is 0.493 e. The van der Waals surface area contributed by atoms with Crippen LogP contribution in [0.3, 0.4) is 0 Å². The number of aromatic nitrogens is 1. The number of amides is 1. The van der Waals surface area contributed by atoms with Crippen molar-refractivity contribution >= 4 is 5.91 Å². The predicted molar refractivity (Wildman–Crippen MR) is 107 cm³/mol. The lowest BCUT2D eigenvalue weighted by Crippen LogP contribution is -2.31. The van der Waals surface area contributed by atoms with Crippen LogP contribution in [-0.4, -0.2) is 55.9 Å². The van der Waals surface area contributed by atoms with Gasteiger partial charge in [0.15, 0.2) is 11.5 Å². The number of hydrogen-bond acceptors (Lipinski definition) is 6. The number of carbonyl (C=O) groups excluding carboxylic acids is 1. The number of carbonyl (C=O) groups is 1. The summed E-state index contributed by atoms with van der Waals surface area (Å²) < 4.78 is 23.6. The molecule has 0 saturated carbocycles. The Morgan fingerprint density at radius 3 is 2.41 bits per heavy atom. The van der Waals surface area contributed by atoms with Gasteiger partial charge >= 0.3 is 0 Å². The van der Waals surface area contributed by atoms with E-state index in [1.165, 1.54) is 27.4 Å². The van der Waals surface area contributed by atoms with Crippen molar-refractivity contribution in [2.24, 2.45) is 7.05 Å². The molecule has 0 N–H and O–H groups in total. The van der Waals surface area contributed by atoms with Crippen LogP contribution in [0.15, 0.2) is 29.1 Å². The Balaban J connectivity index is 1.77. The van der Waals surface area contributed by atoms with Crippen molar-refractivity contribution < 1.29 is 23.7 Å². The van der Waals surface area contributed by atoms with Crippen molar-refractivity contribution in [3.8, 4) is 23.0 Å². The fraction of sp³-hybridized carbons (Fsp3) is 0.429. The summed E-state index contributed by atoms with van der Waals surface area (Å²) in [6.45, 7) is 2.82.